The number of hydrogen-bond donors (Lipinski definition) is 1. The van der Waals surface area contributed by atoms with Crippen molar-refractivity contribution in [2.45, 2.75) is 37.0 Å². The van der Waals surface area contributed by atoms with E-state index < -0.39 is 15.7 Å². The normalized spacial score (nSPS) is 13.6. The smallest absolute Gasteiger partial charge is 0.322 e. The molecule has 0 aliphatic heterocycles. The number of fused-ring (bicyclic) bond motifs is 1. The Morgan fingerprint density at radius 3 is 2.53 bits per heavy atom. The van der Waals surface area contributed by atoms with Crippen molar-refractivity contribution in [1.29, 1.82) is 0 Å². The molecule has 3 aromatic rings. The van der Waals surface area contributed by atoms with E-state index in [2.05, 4.69) is 21.6 Å². The molecule has 7 nitrogen and oxygen atoms in total. The van der Waals surface area contributed by atoms with Crippen LogP contribution in [-0.2, 0) is 27.5 Å². The molecule has 0 unspecified atom stereocenters. The number of anilines is 1. The van der Waals surface area contributed by atoms with E-state index in [1.165, 1.54) is 48.2 Å². The number of hydrogen-bond acceptors (Lipinski definition) is 6. The summed E-state index contributed by atoms with van der Waals surface area (Å²) < 4.78 is 30.2. The number of benzene rings is 2. The summed E-state index contributed by atoms with van der Waals surface area (Å²) in [5, 5.41) is 10.7. The molecule has 9 heteroatoms. The fourth-order valence-electron chi connectivity index (χ4n) is 3.43. The van der Waals surface area contributed by atoms with E-state index in [1.54, 1.807) is 0 Å². The number of aromatic nitrogens is 2. The number of nitrogens with zero attached hydrogens (tertiary/aromatic N) is 2. The fraction of sp³-hybridized carbons (Fsp3) is 0.286. The number of amides is 1. The maximum Gasteiger partial charge on any atom is 0.322 e. The quantitative estimate of drug-likeness (QED) is 0.613. The highest BCUT2D eigenvalue weighted by atomic mass is 35.5. The molecule has 2 aromatic carbocycles. The Bertz CT molecular complexity index is 1170. The zero-order chi connectivity index (χ0) is 21.1. The average molecular weight is 446 g/mol. The van der Waals surface area contributed by atoms with Crippen LogP contribution in [0.1, 0.15) is 30.4 Å². The summed E-state index contributed by atoms with van der Waals surface area (Å²) in [5.41, 5.74) is 3.43. The highest BCUT2D eigenvalue weighted by Gasteiger charge is 2.18. The summed E-state index contributed by atoms with van der Waals surface area (Å²) >= 11 is 5.78. The summed E-state index contributed by atoms with van der Waals surface area (Å²) in [4.78, 5) is 12.3. The molecule has 0 fully saturated rings. The van der Waals surface area contributed by atoms with Gasteiger partial charge in [-0.2, -0.15) is 0 Å². The predicted molar refractivity (Wildman–Crippen MR) is 113 cm³/mol. The van der Waals surface area contributed by atoms with Gasteiger partial charge < -0.3 is 4.42 Å². The molecule has 1 heterocycles. The number of carbonyl (C=O) groups excluding carboxylic acids is 1. The molecule has 0 saturated heterocycles. The minimum atomic E-state index is -3.60. The third kappa shape index (κ3) is 4.71. The Labute approximate surface area is 179 Å². The molecule has 156 valence electrons. The van der Waals surface area contributed by atoms with Crippen molar-refractivity contribution in [3.8, 4) is 11.5 Å². The third-order valence-corrected chi connectivity index (χ3v) is 7.02. The monoisotopic (exact) mass is 445 g/mol. The van der Waals surface area contributed by atoms with Crippen LogP contribution in [-0.4, -0.2) is 30.3 Å². The zero-order valence-electron chi connectivity index (χ0n) is 16.1. The van der Waals surface area contributed by atoms with Crippen LogP contribution in [0.25, 0.3) is 11.5 Å². The molecule has 30 heavy (non-hydrogen) atoms. The second-order valence-corrected chi connectivity index (χ2v) is 9.72. The molecule has 1 aromatic heterocycles. The lowest BCUT2D eigenvalue weighted by Crippen LogP contribution is -2.17. The Morgan fingerprint density at radius 1 is 1.03 bits per heavy atom. The highest BCUT2D eigenvalue weighted by Crippen LogP contribution is 2.27. The second-order valence-electron chi connectivity index (χ2n) is 7.17. The Kier molecular flexibility index (Phi) is 5.87. The van der Waals surface area contributed by atoms with E-state index >= 15 is 0 Å². The van der Waals surface area contributed by atoms with Gasteiger partial charge in [0.25, 0.3) is 0 Å². The first-order chi connectivity index (χ1) is 14.4. The van der Waals surface area contributed by atoms with Gasteiger partial charge in [0, 0.05) is 17.0 Å². The zero-order valence-corrected chi connectivity index (χ0v) is 17.7. The first kappa shape index (κ1) is 20.6. The van der Waals surface area contributed by atoms with Crippen LogP contribution in [0, 0.1) is 0 Å². The lowest BCUT2D eigenvalue weighted by molar-refractivity contribution is -0.115. The molecule has 1 aliphatic rings. The summed E-state index contributed by atoms with van der Waals surface area (Å²) in [6.45, 7) is 0. The van der Waals surface area contributed by atoms with Crippen LogP contribution in [0.3, 0.4) is 0 Å². The number of halogens is 1. The molecule has 4 rings (SSSR count). The highest BCUT2D eigenvalue weighted by molar-refractivity contribution is 7.91. The number of nitrogens with one attached hydrogen (secondary N) is 1. The lowest BCUT2D eigenvalue weighted by atomic mass is 9.90. The first-order valence-corrected chi connectivity index (χ1v) is 11.7. The van der Waals surface area contributed by atoms with Crippen LogP contribution in [0.15, 0.2) is 51.8 Å². The van der Waals surface area contributed by atoms with E-state index in [0.717, 1.165) is 18.4 Å². The van der Waals surface area contributed by atoms with Crippen LogP contribution in [0.2, 0.25) is 5.02 Å². The Morgan fingerprint density at radius 2 is 1.77 bits per heavy atom. The summed E-state index contributed by atoms with van der Waals surface area (Å²) in [6, 6.07) is 11.8. The number of sulfone groups is 1. The van der Waals surface area contributed by atoms with Crippen LogP contribution < -0.4 is 5.32 Å². The van der Waals surface area contributed by atoms with Crippen molar-refractivity contribution in [2.24, 2.45) is 0 Å². The summed E-state index contributed by atoms with van der Waals surface area (Å²) in [6.07, 6.45) is 4.25. The van der Waals surface area contributed by atoms with E-state index in [-0.39, 0.29) is 23.1 Å². The largest absolute Gasteiger partial charge is 0.403 e. The van der Waals surface area contributed by atoms with Crippen molar-refractivity contribution >= 4 is 33.4 Å². The number of carbonyl (C=O) groups is 1. The van der Waals surface area contributed by atoms with Gasteiger partial charge in [-0.05, 0) is 73.2 Å². The summed E-state index contributed by atoms with van der Waals surface area (Å²) in [7, 11) is -3.60. The Hall–Kier alpha value is -2.71. The van der Waals surface area contributed by atoms with E-state index in [4.69, 9.17) is 16.0 Å². The van der Waals surface area contributed by atoms with Crippen molar-refractivity contribution in [2.75, 3.05) is 11.1 Å². The van der Waals surface area contributed by atoms with Gasteiger partial charge in [-0.25, -0.2) is 8.42 Å². The van der Waals surface area contributed by atoms with Gasteiger partial charge in [-0.1, -0.05) is 22.8 Å². The minimum absolute atomic E-state index is 0.0587. The maximum atomic E-state index is 12.3. The SMILES string of the molecule is O=C(CCS(=O)(=O)c1ccc(Cl)cc1)Nc1nnc(-c2ccc3c(c2)CCCC3)o1. The van der Waals surface area contributed by atoms with Gasteiger partial charge >= 0.3 is 6.01 Å². The molecule has 0 radical (unpaired) electrons. The number of rotatable bonds is 6. The lowest BCUT2D eigenvalue weighted by Gasteiger charge is -2.15. The molecule has 0 bridgehead atoms. The first-order valence-electron chi connectivity index (χ1n) is 9.64. The molecule has 0 atom stereocenters. The van der Waals surface area contributed by atoms with Crippen molar-refractivity contribution in [3.63, 3.8) is 0 Å². The van der Waals surface area contributed by atoms with Gasteiger partial charge in [0.1, 0.15) is 0 Å². The van der Waals surface area contributed by atoms with Crippen LogP contribution in [0.5, 0.6) is 0 Å². The van der Waals surface area contributed by atoms with Crippen molar-refractivity contribution in [1.82, 2.24) is 10.2 Å². The van der Waals surface area contributed by atoms with Gasteiger partial charge in [0.15, 0.2) is 9.84 Å². The number of aryl methyl sites for hydroxylation is 2. The van der Waals surface area contributed by atoms with Crippen molar-refractivity contribution < 1.29 is 17.6 Å². The molecule has 1 N–H and O–H groups in total. The third-order valence-electron chi connectivity index (χ3n) is 5.04. The van der Waals surface area contributed by atoms with E-state index in [1.807, 2.05) is 12.1 Å². The van der Waals surface area contributed by atoms with Gasteiger partial charge in [-0.3, -0.25) is 10.1 Å². The maximum absolute atomic E-state index is 12.3. The van der Waals surface area contributed by atoms with Gasteiger partial charge in [0.2, 0.25) is 11.8 Å². The van der Waals surface area contributed by atoms with Gasteiger partial charge in [-0.15, -0.1) is 5.10 Å². The van der Waals surface area contributed by atoms with E-state index in [9.17, 15) is 13.2 Å². The average Bonchev–Trinajstić information content (AvgIpc) is 3.21. The van der Waals surface area contributed by atoms with E-state index in [0.29, 0.717) is 10.9 Å². The molecule has 0 saturated carbocycles. The molecular formula is C21H20ClN3O4S. The van der Waals surface area contributed by atoms with Crippen LogP contribution in [0.4, 0.5) is 6.01 Å². The van der Waals surface area contributed by atoms with Crippen LogP contribution >= 0.6 is 11.6 Å². The topological polar surface area (TPSA) is 102 Å². The molecular weight excluding hydrogens is 426 g/mol. The predicted octanol–water partition coefficient (Wildman–Crippen LogP) is 4.07. The fourth-order valence-corrected chi connectivity index (χ4v) is 4.79. The second kappa shape index (κ2) is 8.57. The Balaban J connectivity index is 1.38. The van der Waals surface area contributed by atoms with Gasteiger partial charge in [0.05, 0.1) is 10.6 Å². The summed E-state index contributed by atoms with van der Waals surface area (Å²) in [5.74, 6) is -0.549. The molecule has 1 aliphatic carbocycles. The molecule has 1 amide bonds. The molecule has 0 spiro atoms. The minimum Gasteiger partial charge on any atom is -0.403 e. The standard InChI is InChI=1S/C21H20ClN3O4S/c22-17-7-9-18(10-8-17)30(27,28)12-11-19(26)23-21-25-24-20(29-21)16-6-5-14-3-1-2-4-15(14)13-16/h5-10,13H,1-4,11-12H2,(H,23,25,26). The van der Waals surface area contributed by atoms with Crippen molar-refractivity contribution in [3.05, 3.63) is 58.6 Å².